The molecule has 1 atom stereocenters. The molecule has 1 unspecified atom stereocenters. The molecule has 1 aliphatic heterocycles. The second-order valence-corrected chi connectivity index (χ2v) is 5.41. The molecule has 4 nitrogen and oxygen atoms in total. The molecule has 0 aromatic heterocycles. The summed E-state index contributed by atoms with van der Waals surface area (Å²) in [6, 6.07) is 5.88. The summed E-state index contributed by atoms with van der Waals surface area (Å²) in [7, 11) is 1.49. The van der Waals surface area contributed by atoms with E-state index in [0.717, 1.165) is 25.1 Å². The number of carboxylic acids is 1. The number of aromatic carboxylic acids is 1. The number of rotatable bonds is 7. The molecule has 1 aromatic carbocycles. The van der Waals surface area contributed by atoms with Crippen LogP contribution >= 0.6 is 0 Å². The molecule has 114 valence electrons. The molecule has 0 saturated carbocycles. The third kappa shape index (κ3) is 3.85. The first-order valence-corrected chi connectivity index (χ1v) is 7.46. The lowest BCUT2D eigenvalue weighted by atomic mass is 10.1. The van der Waals surface area contributed by atoms with Gasteiger partial charge in [0.1, 0.15) is 11.3 Å². The Balaban J connectivity index is 2.09. The molecule has 0 bridgehead atoms. The van der Waals surface area contributed by atoms with Crippen LogP contribution in [0.15, 0.2) is 30.4 Å². The molecule has 1 aliphatic rings. The van der Waals surface area contributed by atoms with Crippen molar-refractivity contribution in [2.45, 2.75) is 38.8 Å². The van der Waals surface area contributed by atoms with Crippen molar-refractivity contribution in [2.75, 3.05) is 13.7 Å². The number of hydrogen-bond acceptors (Lipinski definition) is 3. The third-order valence-corrected chi connectivity index (χ3v) is 3.90. The number of carboxylic acid groups (broad SMARTS) is 1. The summed E-state index contributed by atoms with van der Waals surface area (Å²) in [6.45, 7) is 3.90. The minimum absolute atomic E-state index is 0.229. The van der Waals surface area contributed by atoms with Crippen LogP contribution in [0.5, 0.6) is 5.75 Å². The van der Waals surface area contributed by atoms with Crippen LogP contribution in [0.25, 0.3) is 0 Å². The zero-order chi connectivity index (χ0) is 15.2. The van der Waals surface area contributed by atoms with E-state index in [1.54, 1.807) is 12.1 Å². The van der Waals surface area contributed by atoms with Gasteiger partial charge in [-0.15, -0.1) is 0 Å². The molecule has 2 rings (SSSR count). The van der Waals surface area contributed by atoms with Gasteiger partial charge in [0.15, 0.2) is 0 Å². The normalized spacial score (nSPS) is 18.1. The highest BCUT2D eigenvalue weighted by molar-refractivity contribution is 5.91. The summed E-state index contributed by atoms with van der Waals surface area (Å²) < 4.78 is 5.10. The van der Waals surface area contributed by atoms with Gasteiger partial charge in [-0.25, -0.2) is 4.79 Å². The van der Waals surface area contributed by atoms with Crippen molar-refractivity contribution >= 4 is 5.97 Å². The Bertz CT molecular complexity index is 525. The molecular formula is C17H23NO3. The Kier molecular flexibility index (Phi) is 5.39. The summed E-state index contributed by atoms with van der Waals surface area (Å²) in [5.74, 6) is -0.538. The van der Waals surface area contributed by atoms with Gasteiger partial charge in [0.05, 0.1) is 7.11 Å². The first-order chi connectivity index (χ1) is 10.2. The van der Waals surface area contributed by atoms with Gasteiger partial charge in [0.25, 0.3) is 0 Å². The average molecular weight is 289 g/mol. The van der Waals surface area contributed by atoms with Crippen molar-refractivity contribution in [3.05, 3.63) is 41.5 Å². The van der Waals surface area contributed by atoms with E-state index in [1.807, 2.05) is 6.07 Å². The molecule has 1 heterocycles. The number of hydrogen-bond donors (Lipinski definition) is 1. The molecule has 1 aromatic rings. The lowest BCUT2D eigenvalue weighted by Gasteiger charge is -2.24. The Morgan fingerprint density at radius 2 is 2.29 bits per heavy atom. The van der Waals surface area contributed by atoms with Crippen molar-refractivity contribution in [1.82, 2.24) is 4.90 Å². The number of ether oxygens (including phenoxy) is 1. The highest BCUT2D eigenvalue weighted by Gasteiger charge is 2.20. The van der Waals surface area contributed by atoms with Crippen molar-refractivity contribution in [3.63, 3.8) is 0 Å². The Morgan fingerprint density at radius 1 is 1.48 bits per heavy atom. The molecule has 0 radical (unpaired) electrons. The van der Waals surface area contributed by atoms with Crippen LogP contribution in [0.2, 0.25) is 0 Å². The smallest absolute Gasteiger partial charge is 0.339 e. The SMILES string of the molecule is CCCCC1C=CCN1Cc1ccc(OC)c(C(=O)O)c1. The summed E-state index contributed by atoms with van der Waals surface area (Å²) in [4.78, 5) is 13.6. The summed E-state index contributed by atoms with van der Waals surface area (Å²) >= 11 is 0. The Labute approximate surface area is 126 Å². The number of nitrogens with zero attached hydrogens (tertiary/aromatic N) is 1. The quantitative estimate of drug-likeness (QED) is 0.782. The van der Waals surface area contributed by atoms with E-state index in [9.17, 15) is 9.90 Å². The van der Waals surface area contributed by atoms with Gasteiger partial charge in [0.2, 0.25) is 0 Å². The van der Waals surface area contributed by atoms with Crippen LogP contribution in [0.1, 0.15) is 42.1 Å². The monoisotopic (exact) mass is 289 g/mol. The summed E-state index contributed by atoms with van der Waals surface area (Å²) in [6.07, 6.45) is 8.03. The van der Waals surface area contributed by atoms with E-state index in [4.69, 9.17) is 4.74 Å². The van der Waals surface area contributed by atoms with Gasteiger partial charge >= 0.3 is 5.97 Å². The van der Waals surface area contributed by atoms with Crippen molar-refractivity contribution in [3.8, 4) is 5.75 Å². The van der Waals surface area contributed by atoms with E-state index in [2.05, 4.69) is 24.0 Å². The third-order valence-electron chi connectivity index (χ3n) is 3.90. The highest BCUT2D eigenvalue weighted by Crippen LogP contribution is 2.23. The fourth-order valence-electron chi connectivity index (χ4n) is 2.74. The van der Waals surface area contributed by atoms with Crippen LogP contribution < -0.4 is 4.74 Å². The van der Waals surface area contributed by atoms with E-state index in [0.29, 0.717) is 11.8 Å². The zero-order valence-electron chi connectivity index (χ0n) is 12.7. The molecule has 0 fully saturated rings. The number of benzene rings is 1. The fraction of sp³-hybridized carbons (Fsp3) is 0.471. The first kappa shape index (κ1) is 15.6. The van der Waals surface area contributed by atoms with E-state index < -0.39 is 5.97 Å². The van der Waals surface area contributed by atoms with Gasteiger partial charge in [0, 0.05) is 19.1 Å². The van der Waals surface area contributed by atoms with E-state index in [-0.39, 0.29) is 5.56 Å². The summed E-state index contributed by atoms with van der Waals surface area (Å²) in [5, 5.41) is 9.24. The minimum Gasteiger partial charge on any atom is -0.496 e. The largest absolute Gasteiger partial charge is 0.496 e. The van der Waals surface area contributed by atoms with Crippen LogP contribution in [0.4, 0.5) is 0 Å². The molecule has 21 heavy (non-hydrogen) atoms. The maximum atomic E-state index is 11.3. The van der Waals surface area contributed by atoms with Gasteiger partial charge in [-0.3, -0.25) is 4.90 Å². The zero-order valence-corrected chi connectivity index (χ0v) is 12.7. The maximum absolute atomic E-state index is 11.3. The topological polar surface area (TPSA) is 49.8 Å². The lowest BCUT2D eigenvalue weighted by Crippen LogP contribution is -2.29. The average Bonchev–Trinajstić information content (AvgIpc) is 2.92. The van der Waals surface area contributed by atoms with Crippen molar-refractivity contribution in [1.29, 1.82) is 0 Å². The lowest BCUT2D eigenvalue weighted by molar-refractivity contribution is 0.0693. The highest BCUT2D eigenvalue weighted by atomic mass is 16.5. The predicted molar refractivity (Wildman–Crippen MR) is 82.8 cm³/mol. The fourth-order valence-corrected chi connectivity index (χ4v) is 2.74. The molecular weight excluding hydrogens is 266 g/mol. The number of carbonyl (C=O) groups is 1. The van der Waals surface area contributed by atoms with Crippen LogP contribution in [-0.4, -0.2) is 35.7 Å². The van der Waals surface area contributed by atoms with Crippen molar-refractivity contribution < 1.29 is 14.6 Å². The molecule has 0 amide bonds. The predicted octanol–water partition coefficient (Wildman–Crippen LogP) is 3.32. The van der Waals surface area contributed by atoms with Gasteiger partial charge < -0.3 is 9.84 Å². The number of unbranched alkanes of at least 4 members (excludes halogenated alkanes) is 1. The molecule has 0 saturated heterocycles. The second kappa shape index (κ2) is 7.27. The maximum Gasteiger partial charge on any atom is 0.339 e. The van der Waals surface area contributed by atoms with Gasteiger partial charge in [-0.05, 0) is 24.1 Å². The second-order valence-electron chi connectivity index (χ2n) is 5.41. The molecule has 0 spiro atoms. The van der Waals surface area contributed by atoms with E-state index >= 15 is 0 Å². The minimum atomic E-state index is -0.948. The Morgan fingerprint density at radius 3 is 2.95 bits per heavy atom. The number of methoxy groups -OCH3 is 1. The van der Waals surface area contributed by atoms with Crippen LogP contribution in [0, 0.1) is 0 Å². The van der Waals surface area contributed by atoms with Gasteiger partial charge in [-0.1, -0.05) is 38.0 Å². The van der Waals surface area contributed by atoms with Crippen molar-refractivity contribution in [2.24, 2.45) is 0 Å². The molecule has 0 aliphatic carbocycles. The molecule has 1 N–H and O–H groups in total. The van der Waals surface area contributed by atoms with Crippen LogP contribution in [-0.2, 0) is 6.54 Å². The summed E-state index contributed by atoms with van der Waals surface area (Å²) in [5.41, 5.74) is 1.24. The molecule has 4 heteroatoms. The van der Waals surface area contributed by atoms with Gasteiger partial charge in [-0.2, -0.15) is 0 Å². The first-order valence-electron chi connectivity index (χ1n) is 7.46. The van der Waals surface area contributed by atoms with E-state index in [1.165, 1.54) is 20.0 Å². The standard InChI is InChI=1S/C17H23NO3/c1-3-4-6-14-7-5-10-18(14)12-13-8-9-16(21-2)15(11-13)17(19)20/h5,7-9,11,14H,3-4,6,10,12H2,1-2H3,(H,19,20). The van der Waals surface area contributed by atoms with Crippen LogP contribution in [0.3, 0.4) is 0 Å². The Hall–Kier alpha value is -1.81.